The number of nitrogens with zero attached hydrogens (tertiary/aromatic N) is 2. The summed E-state index contributed by atoms with van der Waals surface area (Å²) in [5, 5.41) is 0. The number of hydrogen-bond donors (Lipinski definition) is 2. The van der Waals surface area contributed by atoms with Crippen molar-refractivity contribution in [3.63, 3.8) is 0 Å². The van der Waals surface area contributed by atoms with Crippen LogP contribution in [0.4, 0.5) is 0 Å². The van der Waals surface area contributed by atoms with Gasteiger partial charge in [-0.15, -0.1) is 0 Å². The maximum absolute atomic E-state index is 12.3. The second-order valence-electron chi connectivity index (χ2n) is 6.42. The van der Waals surface area contributed by atoms with Crippen molar-refractivity contribution in [1.82, 2.24) is 15.8 Å². The minimum atomic E-state index is -0.585. The molecule has 1 amide bonds. The zero-order valence-electron chi connectivity index (χ0n) is 13.5. The second kappa shape index (κ2) is 6.07. The highest BCUT2D eigenvalue weighted by atomic mass is 16.2. The van der Waals surface area contributed by atoms with Crippen molar-refractivity contribution in [1.29, 1.82) is 0 Å². The van der Waals surface area contributed by atoms with Crippen LogP contribution in [0.25, 0.3) is 11.3 Å². The van der Waals surface area contributed by atoms with E-state index in [1.165, 1.54) is 6.42 Å². The van der Waals surface area contributed by atoms with E-state index in [9.17, 15) is 4.79 Å². The van der Waals surface area contributed by atoms with Crippen molar-refractivity contribution in [2.75, 3.05) is 0 Å². The van der Waals surface area contributed by atoms with Crippen LogP contribution in [0.5, 0.6) is 0 Å². The summed E-state index contributed by atoms with van der Waals surface area (Å²) in [5.74, 6) is 0.736. The van der Waals surface area contributed by atoms with Crippen LogP contribution in [0, 0.1) is 0 Å². The number of aliphatic imine (C=N–C) groups is 1. The molecule has 0 saturated heterocycles. The molecule has 2 N–H and O–H groups in total. The molecular weight excluding hydrogens is 300 g/mol. The molecule has 5 nitrogen and oxygen atoms in total. The highest BCUT2D eigenvalue weighted by molar-refractivity contribution is 6.05. The number of nitrogens with one attached hydrogen (secondary N) is 2. The molecule has 0 bridgehead atoms. The van der Waals surface area contributed by atoms with E-state index in [2.05, 4.69) is 15.8 Å². The standard InChI is InChI=1S/C19H20N4O/c24-18-19(11-3-1-4-12-19)21-17(22-23-18)15-9-7-14(8-10-15)16-6-2-5-13-20-16/h2,5-10,13H,1,3-4,11-12H2,(H,21,22)(H,23,24). The van der Waals surface area contributed by atoms with Crippen LogP contribution >= 0.6 is 0 Å². The molecule has 1 aromatic carbocycles. The summed E-state index contributed by atoms with van der Waals surface area (Å²) in [5.41, 5.74) is 8.15. The molecule has 122 valence electrons. The van der Waals surface area contributed by atoms with Gasteiger partial charge in [-0.1, -0.05) is 49.6 Å². The van der Waals surface area contributed by atoms with E-state index in [4.69, 9.17) is 4.99 Å². The van der Waals surface area contributed by atoms with Gasteiger partial charge in [0, 0.05) is 17.3 Å². The summed E-state index contributed by atoms with van der Waals surface area (Å²) < 4.78 is 0. The molecule has 1 fully saturated rings. The van der Waals surface area contributed by atoms with Crippen molar-refractivity contribution in [2.24, 2.45) is 4.99 Å². The summed E-state index contributed by atoms with van der Waals surface area (Å²) in [7, 11) is 0. The Labute approximate surface area is 141 Å². The Morgan fingerprint density at radius 3 is 2.33 bits per heavy atom. The SMILES string of the molecule is O=C1NNC(c2ccc(-c3ccccn3)cc2)=NC12CCCCC2. The molecule has 24 heavy (non-hydrogen) atoms. The molecule has 4 rings (SSSR count). The number of benzene rings is 1. The maximum atomic E-state index is 12.3. The van der Waals surface area contributed by atoms with E-state index >= 15 is 0 Å². The van der Waals surface area contributed by atoms with Gasteiger partial charge in [0.2, 0.25) is 0 Å². The minimum absolute atomic E-state index is 0.00365. The number of hydrogen-bond acceptors (Lipinski definition) is 4. The number of pyridine rings is 1. The lowest BCUT2D eigenvalue weighted by atomic mass is 9.81. The smallest absolute Gasteiger partial charge is 0.266 e. The predicted octanol–water partition coefficient (Wildman–Crippen LogP) is 2.83. The van der Waals surface area contributed by atoms with Gasteiger partial charge >= 0.3 is 0 Å². The van der Waals surface area contributed by atoms with E-state index in [1.54, 1.807) is 6.20 Å². The molecule has 2 aliphatic rings. The van der Waals surface area contributed by atoms with Gasteiger partial charge < -0.3 is 0 Å². The van der Waals surface area contributed by atoms with Crippen LogP contribution in [-0.2, 0) is 4.79 Å². The lowest BCUT2D eigenvalue weighted by molar-refractivity contribution is -0.128. The molecule has 1 aliphatic carbocycles. The van der Waals surface area contributed by atoms with Crippen molar-refractivity contribution < 1.29 is 4.79 Å². The average Bonchev–Trinajstić information content (AvgIpc) is 2.66. The molecule has 5 heteroatoms. The molecule has 0 unspecified atom stereocenters. The van der Waals surface area contributed by atoms with E-state index < -0.39 is 5.54 Å². The van der Waals surface area contributed by atoms with Crippen LogP contribution in [0.2, 0.25) is 0 Å². The maximum Gasteiger partial charge on any atom is 0.266 e. The Hall–Kier alpha value is -2.69. The molecule has 1 spiro atoms. The van der Waals surface area contributed by atoms with E-state index in [-0.39, 0.29) is 5.91 Å². The first-order valence-electron chi connectivity index (χ1n) is 8.45. The first-order chi connectivity index (χ1) is 11.8. The highest BCUT2D eigenvalue weighted by Gasteiger charge is 2.42. The summed E-state index contributed by atoms with van der Waals surface area (Å²) in [6.45, 7) is 0. The van der Waals surface area contributed by atoms with Crippen molar-refractivity contribution in [2.45, 2.75) is 37.6 Å². The van der Waals surface area contributed by atoms with Gasteiger partial charge in [0.1, 0.15) is 11.4 Å². The fraction of sp³-hybridized carbons (Fsp3) is 0.316. The Bertz CT molecular complexity index is 762. The summed E-state index contributed by atoms with van der Waals surface area (Å²) in [6, 6.07) is 14.0. The molecule has 2 heterocycles. The van der Waals surface area contributed by atoms with Gasteiger partial charge in [-0.25, -0.2) is 4.99 Å². The lowest BCUT2D eigenvalue weighted by Crippen LogP contribution is -2.58. The van der Waals surface area contributed by atoms with Gasteiger partial charge in [-0.2, -0.15) is 0 Å². The molecule has 1 saturated carbocycles. The summed E-state index contributed by atoms with van der Waals surface area (Å²) in [6.07, 6.45) is 6.75. The quantitative estimate of drug-likeness (QED) is 0.894. The number of hydrazine groups is 1. The average molecular weight is 320 g/mol. The monoisotopic (exact) mass is 320 g/mol. The topological polar surface area (TPSA) is 66.4 Å². The first-order valence-corrected chi connectivity index (χ1v) is 8.45. The van der Waals surface area contributed by atoms with Gasteiger partial charge in [0.15, 0.2) is 0 Å². The number of amidine groups is 1. The molecule has 0 radical (unpaired) electrons. The summed E-state index contributed by atoms with van der Waals surface area (Å²) >= 11 is 0. The predicted molar refractivity (Wildman–Crippen MR) is 93.3 cm³/mol. The normalized spacial score (nSPS) is 19.3. The van der Waals surface area contributed by atoms with Gasteiger partial charge in [0.05, 0.1) is 5.69 Å². The molecule has 2 aromatic rings. The Morgan fingerprint density at radius 1 is 0.875 bits per heavy atom. The van der Waals surface area contributed by atoms with Crippen LogP contribution in [0.3, 0.4) is 0 Å². The number of carbonyl (C=O) groups excluding carboxylic acids is 1. The van der Waals surface area contributed by atoms with Crippen molar-refractivity contribution in [3.05, 3.63) is 54.2 Å². The third-order valence-corrected chi connectivity index (χ3v) is 4.84. The fourth-order valence-corrected chi connectivity index (χ4v) is 3.47. The number of aromatic nitrogens is 1. The lowest BCUT2D eigenvalue weighted by Gasteiger charge is -2.36. The highest BCUT2D eigenvalue weighted by Crippen LogP contribution is 2.33. The minimum Gasteiger partial charge on any atom is -0.282 e. The van der Waals surface area contributed by atoms with Crippen LogP contribution in [0.1, 0.15) is 37.7 Å². The zero-order chi connectivity index (χ0) is 16.4. The molecule has 1 aromatic heterocycles. The van der Waals surface area contributed by atoms with Crippen LogP contribution < -0.4 is 10.9 Å². The van der Waals surface area contributed by atoms with E-state index in [0.717, 1.165) is 48.3 Å². The Kier molecular flexibility index (Phi) is 3.76. The largest absolute Gasteiger partial charge is 0.282 e. The third-order valence-electron chi connectivity index (χ3n) is 4.84. The third kappa shape index (κ3) is 2.66. The van der Waals surface area contributed by atoms with Crippen LogP contribution in [0.15, 0.2) is 53.7 Å². The molecule has 0 atom stereocenters. The fourth-order valence-electron chi connectivity index (χ4n) is 3.47. The number of amides is 1. The van der Waals surface area contributed by atoms with Crippen molar-refractivity contribution in [3.8, 4) is 11.3 Å². The van der Waals surface area contributed by atoms with Gasteiger partial charge in [-0.3, -0.25) is 20.6 Å². The number of rotatable bonds is 2. The molecule has 1 aliphatic heterocycles. The molecular formula is C19H20N4O. The van der Waals surface area contributed by atoms with Gasteiger partial charge in [0.25, 0.3) is 5.91 Å². The second-order valence-corrected chi connectivity index (χ2v) is 6.42. The number of carbonyl (C=O) groups is 1. The first kappa shape index (κ1) is 14.9. The summed E-state index contributed by atoms with van der Waals surface area (Å²) in [4.78, 5) is 21.5. The Morgan fingerprint density at radius 2 is 1.62 bits per heavy atom. The van der Waals surface area contributed by atoms with E-state index in [1.807, 2.05) is 42.5 Å². The zero-order valence-corrected chi connectivity index (χ0v) is 13.5. The van der Waals surface area contributed by atoms with Crippen LogP contribution in [-0.4, -0.2) is 22.3 Å². The van der Waals surface area contributed by atoms with Crippen molar-refractivity contribution >= 4 is 11.7 Å². The van der Waals surface area contributed by atoms with Gasteiger partial charge in [-0.05, 0) is 25.0 Å². The van der Waals surface area contributed by atoms with E-state index in [0.29, 0.717) is 0 Å². The Balaban J connectivity index is 1.63.